The van der Waals surface area contributed by atoms with Crippen LogP contribution in [0.3, 0.4) is 0 Å². The number of fused-ring (bicyclic) bond motifs is 1. The van der Waals surface area contributed by atoms with E-state index >= 15 is 0 Å². The molecule has 0 radical (unpaired) electrons. The van der Waals surface area contributed by atoms with E-state index in [0.717, 1.165) is 60.5 Å². The summed E-state index contributed by atoms with van der Waals surface area (Å²) in [4.78, 5) is 46.1. The normalized spacial score (nSPS) is 18.9. The van der Waals surface area contributed by atoms with Crippen LogP contribution in [0.25, 0.3) is 10.3 Å². The Bertz CT molecular complexity index is 1340. The van der Waals surface area contributed by atoms with Gasteiger partial charge in [-0.15, -0.1) is 0 Å². The van der Waals surface area contributed by atoms with E-state index in [9.17, 15) is 9.59 Å². The Morgan fingerprint density at radius 2 is 1.69 bits per heavy atom. The molecule has 3 aromatic heterocycles. The fourth-order valence-electron chi connectivity index (χ4n) is 5.48. The summed E-state index contributed by atoms with van der Waals surface area (Å²) in [6.07, 6.45) is 4.78. The lowest BCUT2D eigenvalue weighted by atomic mass is 9.96. The molecule has 2 amide bonds. The Labute approximate surface area is 231 Å². The molecule has 3 aliphatic rings. The third-order valence-corrected chi connectivity index (χ3v) is 8.78. The number of nitrogens with zero attached hydrogens (tertiary/aromatic N) is 6. The highest BCUT2D eigenvalue weighted by Crippen LogP contribution is 2.35. The molecule has 39 heavy (non-hydrogen) atoms. The summed E-state index contributed by atoms with van der Waals surface area (Å²) in [5, 5.41) is 4.05. The number of primary amides is 1. The van der Waals surface area contributed by atoms with Crippen LogP contribution in [0.4, 0.5) is 22.5 Å². The van der Waals surface area contributed by atoms with Crippen molar-refractivity contribution < 1.29 is 14.3 Å². The Kier molecular flexibility index (Phi) is 7.47. The Morgan fingerprint density at radius 1 is 0.923 bits per heavy atom. The maximum absolute atomic E-state index is 13.5. The summed E-state index contributed by atoms with van der Waals surface area (Å²) < 4.78 is 6.43. The molecule has 3 aliphatic heterocycles. The van der Waals surface area contributed by atoms with Crippen LogP contribution in [-0.2, 0) is 9.53 Å². The highest BCUT2D eigenvalue weighted by Gasteiger charge is 2.25. The second-order valence-electron chi connectivity index (χ2n) is 10.3. The molecular weight excluding hydrogens is 516 g/mol. The maximum Gasteiger partial charge on any atom is 0.274 e. The first-order chi connectivity index (χ1) is 19.0. The molecule has 3 N–H and O–H groups in total. The zero-order valence-electron chi connectivity index (χ0n) is 22.0. The number of pyridine rings is 2. The number of nitrogens with one attached hydrogen (secondary N) is 1. The van der Waals surface area contributed by atoms with Gasteiger partial charge in [-0.25, -0.2) is 9.97 Å². The highest BCUT2D eigenvalue weighted by molar-refractivity contribution is 7.22. The standard InChI is InChI=1S/C27H34N8O3S/c28-23(36)18-7-11-33(12-8-18)22-6-4-5-19(29-22)26(37)30-20-17-21-24(31-25(20)34-9-2-1-3-10-34)32-27(39-21)35-13-15-38-16-14-35/h4-6,17-18H,1-3,7-16H2,(H2,28,36)(H,30,37). The van der Waals surface area contributed by atoms with E-state index in [1.54, 1.807) is 17.4 Å². The number of hydrogen-bond acceptors (Lipinski definition) is 10. The van der Waals surface area contributed by atoms with Crippen molar-refractivity contribution in [2.45, 2.75) is 32.1 Å². The van der Waals surface area contributed by atoms with E-state index in [1.165, 1.54) is 6.42 Å². The van der Waals surface area contributed by atoms with Crippen molar-refractivity contribution in [2.75, 3.05) is 72.5 Å². The van der Waals surface area contributed by atoms with Gasteiger partial charge in [-0.3, -0.25) is 9.59 Å². The van der Waals surface area contributed by atoms with Gasteiger partial charge < -0.3 is 30.5 Å². The first-order valence-corrected chi connectivity index (χ1v) is 14.6. The van der Waals surface area contributed by atoms with Gasteiger partial charge in [-0.05, 0) is 50.3 Å². The Balaban J connectivity index is 1.26. The van der Waals surface area contributed by atoms with Crippen LogP contribution >= 0.6 is 11.3 Å². The van der Waals surface area contributed by atoms with Crippen LogP contribution < -0.4 is 25.8 Å². The molecule has 0 unspecified atom stereocenters. The molecule has 0 saturated carbocycles. The van der Waals surface area contributed by atoms with Gasteiger partial charge in [0.1, 0.15) is 11.5 Å². The molecule has 0 aromatic carbocycles. The fourth-order valence-corrected chi connectivity index (χ4v) is 6.48. The summed E-state index contributed by atoms with van der Waals surface area (Å²) in [7, 11) is 0. The van der Waals surface area contributed by atoms with Gasteiger partial charge in [-0.2, -0.15) is 4.98 Å². The van der Waals surface area contributed by atoms with E-state index in [4.69, 9.17) is 20.4 Å². The van der Waals surface area contributed by atoms with Crippen LogP contribution in [0.5, 0.6) is 0 Å². The minimum absolute atomic E-state index is 0.0983. The number of ether oxygens (including phenoxy) is 1. The first-order valence-electron chi connectivity index (χ1n) is 13.8. The predicted octanol–water partition coefficient (Wildman–Crippen LogP) is 2.87. The van der Waals surface area contributed by atoms with Gasteiger partial charge in [0.15, 0.2) is 16.6 Å². The fraction of sp³-hybridized carbons (Fsp3) is 0.519. The molecule has 6 rings (SSSR count). The minimum Gasteiger partial charge on any atom is -0.378 e. The van der Waals surface area contributed by atoms with Crippen molar-refractivity contribution in [2.24, 2.45) is 11.7 Å². The number of amides is 2. The zero-order valence-corrected chi connectivity index (χ0v) is 22.8. The quantitative estimate of drug-likeness (QED) is 0.476. The molecule has 0 bridgehead atoms. The molecule has 3 fully saturated rings. The van der Waals surface area contributed by atoms with Crippen LogP contribution in [0.2, 0.25) is 0 Å². The largest absolute Gasteiger partial charge is 0.378 e. The van der Waals surface area contributed by atoms with Gasteiger partial charge in [0, 0.05) is 45.2 Å². The molecule has 11 nitrogen and oxygen atoms in total. The van der Waals surface area contributed by atoms with Gasteiger partial charge >= 0.3 is 0 Å². The number of rotatable bonds is 6. The molecule has 3 saturated heterocycles. The molecule has 0 aliphatic carbocycles. The van der Waals surface area contributed by atoms with Gasteiger partial charge in [0.2, 0.25) is 5.91 Å². The second-order valence-corrected chi connectivity index (χ2v) is 11.3. The average molecular weight is 551 g/mol. The molecule has 0 spiro atoms. The third kappa shape index (κ3) is 5.62. The topological polar surface area (TPSA) is 130 Å². The third-order valence-electron chi connectivity index (χ3n) is 7.73. The molecule has 12 heteroatoms. The molecule has 6 heterocycles. The number of hydrogen-bond donors (Lipinski definition) is 2. The van der Waals surface area contributed by atoms with Crippen molar-refractivity contribution in [3.8, 4) is 0 Å². The van der Waals surface area contributed by atoms with Gasteiger partial charge in [-0.1, -0.05) is 17.4 Å². The molecule has 0 atom stereocenters. The van der Waals surface area contributed by atoms with E-state index in [1.807, 2.05) is 18.2 Å². The van der Waals surface area contributed by atoms with Crippen LogP contribution in [0, 0.1) is 5.92 Å². The maximum atomic E-state index is 13.5. The predicted molar refractivity (Wildman–Crippen MR) is 153 cm³/mol. The van der Waals surface area contributed by atoms with Crippen molar-refractivity contribution in [3.63, 3.8) is 0 Å². The summed E-state index contributed by atoms with van der Waals surface area (Å²) >= 11 is 1.59. The number of morpholine rings is 1. The van der Waals surface area contributed by atoms with E-state index in [0.29, 0.717) is 56.2 Å². The van der Waals surface area contributed by atoms with Crippen LogP contribution in [0.1, 0.15) is 42.6 Å². The minimum atomic E-state index is -0.277. The van der Waals surface area contributed by atoms with E-state index in [2.05, 4.69) is 25.0 Å². The Hall–Kier alpha value is -3.51. The number of aromatic nitrogens is 3. The highest BCUT2D eigenvalue weighted by atomic mass is 32.1. The molecular formula is C27H34N8O3S. The van der Waals surface area contributed by atoms with E-state index in [-0.39, 0.29) is 17.7 Å². The van der Waals surface area contributed by atoms with Crippen molar-refractivity contribution in [1.82, 2.24) is 15.0 Å². The molecule has 3 aromatic rings. The summed E-state index contributed by atoms with van der Waals surface area (Å²) in [6, 6.07) is 7.48. The van der Waals surface area contributed by atoms with Crippen LogP contribution in [0.15, 0.2) is 24.3 Å². The van der Waals surface area contributed by atoms with Crippen LogP contribution in [-0.4, -0.2) is 79.2 Å². The zero-order chi connectivity index (χ0) is 26.8. The average Bonchev–Trinajstić information content (AvgIpc) is 3.41. The number of carbonyl (C=O) groups excluding carboxylic acids is 2. The van der Waals surface area contributed by atoms with Crippen molar-refractivity contribution in [3.05, 3.63) is 30.0 Å². The van der Waals surface area contributed by atoms with Gasteiger partial charge in [0.05, 0.1) is 23.6 Å². The van der Waals surface area contributed by atoms with E-state index < -0.39 is 0 Å². The number of carbonyl (C=O) groups is 2. The summed E-state index contributed by atoms with van der Waals surface area (Å²) in [5.74, 6) is 0.871. The lowest BCUT2D eigenvalue weighted by Crippen LogP contribution is -2.39. The van der Waals surface area contributed by atoms with Crippen molar-refractivity contribution >= 4 is 56.0 Å². The monoisotopic (exact) mass is 550 g/mol. The number of thiazole rings is 1. The second kappa shape index (κ2) is 11.3. The molecule has 206 valence electrons. The Morgan fingerprint density at radius 3 is 2.44 bits per heavy atom. The first kappa shape index (κ1) is 25.8. The number of nitrogens with two attached hydrogens (primary N) is 1. The SMILES string of the molecule is NC(=O)C1CCN(c2cccc(C(=O)Nc3cc4sc(N5CCOCC5)nc4nc3N3CCCCC3)n2)CC1. The summed E-state index contributed by atoms with van der Waals surface area (Å²) in [5.41, 5.74) is 7.21. The number of piperidine rings is 2. The lowest BCUT2D eigenvalue weighted by molar-refractivity contribution is -0.122. The van der Waals surface area contributed by atoms with Gasteiger partial charge in [0.25, 0.3) is 5.91 Å². The smallest absolute Gasteiger partial charge is 0.274 e. The van der Waals surface area contributed by atoms with Crippen molar-refractivity contribution in [1.29, 1.82) is 0 Å². The number of anilines is 4. The lowest BCUT2D eigenvalue weighted by Gasteiger charge is -2.31. The summed E-state index contributed by atoms with van der Waals surface area (Å²) in [6.45, 7) is 6.17.